The van der Waals surface area contributed by atoms with E-state index in [9.17, 15) is 14.4 Å². The Labute approximate surface area is 200 Å². The van der Waals surface area contributed by atoms with Gasteiger partial charge < -0.3 is 19.8 Å². The summed E-state index contributed by atoms with van der Waals surface area (Å²) in [7, 11) is 1.45. The third-order valence-corrected chi connectivity index (χ3v) is 5.44. The number of carboxylic acid groups (broad SMARTS) is 2. The molecule has 34 heavy (non-hydrogen) atoms. The van der Waals surface area contributed by atoms with Gasteiger partial charge in [-0.3, -0.25) is 9.69 Å². The van der Waals surface area contributed by atoms with Gasteiger partial charge >= 0.3 is 17.9 Å². The van der Waals surface area contributed by atoms with Crippen molar-refractivity contribution in [3.05, 3.63) is 83.4 Å². The van der Waals surface area contributed by atoms with Gasteiger partial charge in [-0.25, -0.2) is 9.59 Å². The number of carboxylic acids is 2. The summed E-state index contributed by atoms with van der Waals surface area (Å²) in [4.78, 5) is 35.3. The fourth-order valence-corrected chi connectivity index (χ4v) is 3.61. The number of ether oxygens (including phenoxy) is 1. The lowest BCUT2D eigenvalue weighted by Gasteiger charge is -2.34. The summed E-state index contributed by atoms with van der Waals surface area (Å²) in [6.45, 7) is 5.90. The monoisotopic (exact) mass is 468 g/mol. The Morgan fingerprint density at radius 1 is 0.824 bits per heavy atom. The van der Waals surface area contributed by atoms with E-state index in [0.717, 1.165) is 45.7 Å². The Hall–Kier alpha value is -3.49. The van der Waals surface area contributed by atoms with Crippen LogP contribution in [0.4, 0.5) is 0 Å². The Kier molecular flexibility index (Phi) is 11.5. The highest BCUT2D eigenvalue weighted by Gasteiger charge is 2.18. The lowest BCUT2D eigenvalue weighted by atomic mass is 9.99. The van der Waals surface area contributed by atoms with Gasteiger partial charge in [-0.1, -0.05) is 54.6 Å². The first-order valence-electron chi connectivity index (χ1n) is 11.1. The normalized spacial score (nSPS) is 14.3. The Morgan fingerprint density at radius 3 is 1.91 bits per heavy atom. The van der Waals surface area contributed by atoms with Crippen LogP contribution in [0, 0.1) is 0 Å². The van der Waals surface area contributed by atoms with Crippen molar-refractivity contribution in [2.75, 3.05) is 39.8 Å². The quantitative estimate of drug-likeness (QED) is 0.427. The first-order chi connectivity index (χ1) is 16.4. The molecule has 0 atom stereocenters. The zero-order valence-electron chi connectivity index (χ0n) is 19.4. The molecule has 2 aromatic carbocycles. The number of piperazine rings is 1. The minimum absolute atomic E-state index is 0.123. The fraction of sp³-hybridized carbons (Fsp3) is 0.346. The van der Waals surface area contributed by atoms with Crippen molar-refractivity contribution in [2.24, 2.45) is 0 Å². The highest BCUT2D eigenvalue weighted by Crippen LogP contribution is 2.17. The van der Waals surface area contributed by atoms with E-state index in [1.165, 1.54) is 23.8 Å². The number of methoxy groups -OCH3 is 1. The molecule has 0 aromatic heterocycles. The van der Waals surface area contributed by atoms with Crippen LogP contribution in [0.25, 0.3) is 0 Å². The summed E-state index contributed by atoms with van der Waals surface area (Å²) in [5.74, 6) is -2.64. The second-order valence-corrected chi connectivity index (χ2v) is 7.88. The summed E-state index contributed by atoms with van der Waals surface area (Å²) < 4.78 is 4.73. The zero-order chi connectivity index (χ0) is 24.8. The predicted molar refractivity (Wildman–Crippen MR) is 128 cm³/mol. The van der Waals surface area contributed by atoms with Crippen LogP contribution in [0.2, 0.25) is 0 Å². The van der Waals surface area contributed by atoms with Crippen LogP contribution >= 0.6 is 0 Å². The predicted octanol–water partition coefficient (Wildman–Crippen LogP) is 2.67. The molecule has 0 aliphatic carbocycles. The molecule has 0 spiro atoms. The standard InChI is InChI=1S/C22H28N2O2.C4H4O4/c1-26-22(25)11-12-23-13-15-24(16-14-23)18-21-10-6-5-9-20(21)17-19-7-3-2-4-8-19;5-3(6)1-2-4(7)8/h2-10H,11-18H2,1H3;1-2H,(H,5,6)(H,7,8). The van der Waals surface area contributed by atoms with Gasteiger partial charge in [0.15, 0.2) is 0 Å². The molecule has 8 heteroatoms. The Morgan fingerprint density at radius 2 is 1.35 bits per heavy atom. The average Bonchev–Trinajstić information content (AvgIpc) is 2.84. The third kappa shape index (κ3) is 10.4. The van der Waals surface area contributed by atoms with Crippen LogP contribution in [0.15, 0.2) is 66.7 Å². The van der Waals surface area contributed by atoms with E-state index >= 15 is 0 Å². The zero-order valence-corrected chi connectivity index (χ0v) is 19.4. The lowest BCUT2D eigenvalue weighted by molar-refractivity contribution is -0.141. The van der Waals surface area contributed by atoms with Crippen molar-refractivity contribution < 1.29 is 29.3 Å². The number of esters is 1. The number of benzene rings is 2. The molecule has 2 aromatic rings. The molecule has 3 rings (SSSR count). The highest BCUT2D eigenvalue weighted by atomic mass is 16.5. The molecule has 182 valence electrons. The largest absolute Gasteiger partial charge is 0.478 e. The summed E-state index contributed by atoms with van der Waals surface area (Å²) >= 11 is 0. The van der Waals surface area contributed by atoms with Crippen molar-refractivity contribution in [2.45, 2.75) is 19.4 Å². The molecular formula is C26H32N2O6. The topological polar surface area (TPSA) is 107 Å². The van der Waals surface area contributed by atoms with E-state index in [0.29, 0.717) is 18.6 Å². The molecule has 1 aliphatic heterocycles. The number of carbonyl (C=O) groups excluding carboxylic acids is 1. The second-order valence-electron chi connectivity index (χ2n) is 7.88. The molecular weight excluding hydrogens is 436 g/mol. The number of carbonyl (C=O) groups is 3. The number of hydrogen-bond acceptors (Lipinski definition) is 6. The minimum Gasteiger partial charge on any atom is -0.478 e. The van der Waals surface area contributed by atoms with Crippen LogP contribution < -0.4 is 0 Å². The highest BCUT2D eigenvalue weighted by molar-refractivity contribution is 5.89. The van der Waals surface area contributed by atoms with E-state index in [4.69, 9.17) is 14.9 Å². The van der Waals surface area contributed by atoms with Gasteiger partial charge in [0.25, 0.3) is 0 Å². The van der Waals surface area contributed by atoms with Crippen LogP contribution in [0.3, 0.4) is 0 Å². The molecule has 1 fully saturated rings. The van der Waals surface area contributed by atoms with Crippen molar-refractivity contribution >= 4 is 17.9 Å². The molecule has 0 radical (unpaired) electrons. The van der Waals surface area contributed by atoms with Gasteiger partial charge in [-0.2, -0.15) is 0 Å². The van der Waals surface area contributed by atoms with Gasteiger partial charge in [0.1, 0.15) is 0 Å². The maximum atomic E-state index is 11.3. The maximum Gasteiger partial charge on any atom is 0.328 e. The molecule has 0 amide bonds. The van der Waals surface area contributed by atoms with Crippen LogP contribution in [-0.4, -0.2) is 77.8 Å². The summed E-state index contributed by atoms with van der Waals surface area (Å²) in [5, 5.41) is 15.6. The molecule has 2 N–H and O–H groups in total. The lowest BCUT2D eigenvalue weighted by Crippen LogP contribution is -2.46. The summed E-state index contributed by atoms with van der Waals surface area (Å²) in [6, 6.07) is 19.4. The van der Waals surface area contributed by atoms with Gasteiger partial charge in [-0.15, -0.1) is 0 Å². The van der Waals surface area contributed by atoms with E-state index in [1.54, 1.807) is 0 Å². The fourth-order valence-electron chi connectivity index (χ4n) is 3.61. The van der Waals surface area contributed by atoms with Crippen molar-refractivity contribution in [3.63, 3.8) is 0 Å². The third-order valence-electron chi connectivity index (χ3n) is 5.44. The molecule has 0 unspecified atom stereocenters. The van der Waals surface area contributed by atoms with Crippen LogP contribution in [-0.2, 0) is 32.1 Å². The first kappa shape index (κ1) is 26.8. The van der Waals surface area contributed by atoms with E-state index in [2.05, 4.69) is 64.4 Å². The number of nitrogens with zero attached hydrogens (tertiary/aromatic N) is 2. The number of hydrogen-bond donors (Lipinski definition) is 2. The van der Waals surface area contributed by atoms with E-state index in [-0.39, 0.29) is 5.97 Å². The Bertz CT molecular complexity index is 937. The maximum absolute atomic E-state index is 11.3. The summed E-state index contributed by atoms with van der Waals surface area (Å²) in [6.07, 6.45) is 2.58. The van der Waals surface area contributed by atoms with Gasteiger partial charge in [0.2, 0.25) is 0 Å². The van der Waals surface area contributed by atoms with Crippen molar-refractivity contribution in [3.8, 4) is 0 Å². The number of aliphatic carboxylic acids is 2. The minimum atomic E-state index is -1.26. The van der Waals surface area contributed by atoms with E-state index < -0.39 is 11.9 Å². The molecule has 0 saturated carbocycles. The van der Waals surface area contributed by atoms with Gasteiger partial charge in [0, 0.05) is 51.4 Å². The van der Waals surface area contributed by atoms with E-state index in [1.807, 2.05) is 0 Å². The molecule has 8 nitrogen and oxygen atoms in total. The van der Waals surface area contributed by atoms with Gasteiger partial charge in [0.05, 0.1) is 13.5 Å². The average molecular weight is 469 g/mol. The smallest absolute Gasteiger partial charge is 0.328 e. The first-order valence-corrected chi connectivity index (χ1v) is 11.1. The SMILES string of the molecule is COC(=O)CCN1CCN(Cc2ccccc2Cc2ccccc2)CC1.O=C(O)C=CC(=O)O. The molecule has 0 bridgehead atoms. The van der Waals surface area contributed by atoms with Gasteiger partial charge in [-0.05, 0) is 23.1 Å². The van der Waals surface area contributed by atoms with Crippen molar-refractivity contribution in [1.29, 1.82) is 0 Å². The number of rotatable bonds is 9. The van der Waals surface area contributed by atoms with Crippen LogP contribution in [0.5, 0.6) is 0 Å². The van der Waals surface area contributed by atoms with Crippen molar-refractivity contribution in [1.82, 2.24) is 9.80 Å². The second kappa shape index (κ2) is 14.6. The molecule has 1 heterocycles. The molecule has 1 aliphatic rings. The summed E-state index contributed by atoms with van der Waals surface area (Å²) in [5.41, 5.74) is 4.18. The van der Waals surface area contributed by atoms with Crippen LogP contribution in [0.1, 0.15) is 23.1 Å². The molecule has 1 saturated heterocycles. The Balaban J connectivity index is 0.000000440.